The smallest absolute Gasteiger partial charge is 0.217 e. The Morgan fingerprint density at radius 3 is 1.42 bits per heavy atom. The van der Waals surface area contributed by atoms with Crippen LogP contribution in [0.2, 0.25) is 0 Å². The maximum atomic E-state index is 13.0. The highest BCUT2D eigenvalue weighted by atomic mass is 16.8. The van der Waals surface area contributed by atoms with Gasteiger partial charge in [0.1, 0.15) is 159 Å². The fraction of sp³-hybridized carbons (Fsp3) is 0.956. The van der Waals surface area contributed by atoms with E-state index in [0.29, 0.717) is 0 Å². The molecule has 34 atom stereocenters. The van der Waals surface area contributed by atoms with E-state index >= 15 is 0 Å². The molecule has 7 fully saturated rings. The van der Waals surface area contributed by atoms with E-state index in [9.17, 15) is 107 Å². The van der Waals surface area contributed by atoms with Gasteiger partial charge in [0.2, 0.25) is 11.8 Å². The number of rotatable bonds is 19. The maximum Gasteiger partial charge on any atom is 0.217 e. The molecule has 7 rings (SSSR count). The Kier molecular flexibility index (Phi) is 23.2. The van der Waals surface area contributed by atoms with E-state index < -0.39 is 260 Å². The molecule has 0 aromatic heterocycles. The molecule has 21 N–H and O–H groups in total. The fourth-order valence-electron chi connectivity index (χ4n) is 10.3. The predicted octanol–water partition coefficient (Wildman–Crippen LogP) is -14.3. The second kappa shape index (κ2) is 28.4. The van der Waals surface area contributed by atoms with Crippen LogP contribution in [-0.4, -0.2) is 357 Å². The van der Waals surface area contributed by atoms with Gasteiger partial charge >= 0.3 is 0 Å². The molecule has 7 aliphatic rings. The van der Waals surface area contributed by atoms with Crippen LogP contribution >= 0.6 is 0 Å². The number of hydrogen-bond acceptors (Lipinski definition) is 34. The SMILES string of the molecule is CC(=O)N[C@H]1[C@H](O[C@H]2[C@H](O[C@@H]3O[C@@H](C)[C@@H](O)[C@@H](O)[C@@H]3O)[C@@H](NC(C)=O)C(O)O[C@@H]2CO)O[C@H](CO)[C@@H](O[C@H]2O[C@H](CO[C@H]3O[C@H](CO)[C@@H](O)[C@H](O)[C@@H]3O)[C@@H](O)[C@H](O[C@H]3O[C@H](CO)[C@@H](O)[C@H](O)[C@@H]3O)[C@@H]2O[C@@H]2OC[C@@H](O)[C@H](O)[C@H]2O)[C@@H]1O. The molecule has 7 aliphatic heterocycles. The molecule has 0 aliphatic carbocycles. The third kappa shape index (κ3) is 14.4. The number of carbonyl (C=O) groups is 2. The molecule has 470 valence electrons. The van der Waals surface area contributed by atoms with E-state index in [0.717, 1.165) is 13.8 Å². The Hall–Kier alpha value is -2.34. The number of nitrogens with one attached hydrogen (secondary N) is 2. The van der Waals surface area contributed by atoms with Gasteiger partial charge in [-0.05, 0) is 6.92 Å². The van der Waals surface area contributed by atoms with Gasteiger partial charge in [-0.3, -0.25) is 9.59 Å². The van der Waals surface area contributed by atoms with Crippen molar-refractivity contribution in [3.05, 3.63) is 0 Å². The first-order valence-electron chi connectivity index (χ1n) is 25.9. The second-order valence-corrected chi connectivity index (χ2v) is 20.6. The summed E-state index contributed by atoms with van der Waals surface area (Å²) in [5.41, 5.74) is 0. The lowest BCUT2D eigenvalue weighted by atomic mass is 9.93. The summed E-state index contributed by atoms with van der Waals surface area (Å²) in [5, 5.41) is 210. The number of aliphatic hydroxyl groups is 19. The Balaban J connectivity index is 1.25. The van der Waals surface area contributed by atoms with Gasteiger partial charge in [-0.2, -0.15) is 0 Å². The lowest BCUT2D eigenvalue weighted by Crippen LogP contribution is -2.71. The third-order valence-electron chi connectivity index (χ3n) is 14.9. The van der Waals surface area contributed by atoms with Crippen molar-refractivity contribution in [2.24, 2.45) is 0 Å². The lowest BCUT2D eigenvalue weighted by molar-refractivity contribution is -0.405. The molecule has 0 radical (unpaired) electrons. The van der Waals surface area contributed by atoms with Crippen LogP contribution in [0.25, 0.3) is 0 Å². The van der Waals surface area contributed by atoms with E-state index in [2.05, 4.69) is 10.6 Å². The molecule has 0 aromatic carbocycles. The molecule has 36 nitrogen and oxygen atoms in total. The minimum Gasteiger partial charge on any atom is -0.394 e. The Morgan fingerprint density at radius 1 is 0.395 bits per heavy atom. The molecule has 0 aromatic rings. The van der Waals surface area contributed by atoms with Crippen LogP contribution in [0.1, 0.15) is 20.8 Å². The second-order valence-electron chi connectivity index (χ2n) is 20.6. The summed E-state index contributed by atoms with van der Waals surface area (Å²) in [6, 6.07) is -3.57. The Bertz CT molecular complexity index is 1990. The predicted molar refractivity (Wildman–Crippen MR) is 248 cm³/mol. The van der Waals surface area contributed by atoms with Crippen molar-refractivity contribution in [2.45, 2.75) is 229 Å². The van der Waals surface area contributed by atoms with Crippen molar-refractivity contribution in [1.29, 1.82) is 0 Å². The van der Waals surface area contributed by atoms with Gasteiger partial charge < -0.3 is 169 Å². The molecule has 0 bridgehead atoms. The van der Waals surface area contributed by atoms with Crippen LogP contribution in [0, 0.1) is 0 Å². The van der Waals surface area contributed by atoms with E-state index in [1.807, 2.05) is 0 Å². The zero-order valence-corrected chi connectivity index (χ0v) is 43.5. The summed E-state index contributed by atoms with van der Waals surface area (Å²) in [5.74, 6) is -1.70. The highest BCUT2D eigenvalue weighted by molar-refractivity contribution is 5.73. The van der Waals surface area contributed by atoms with Crippen molar-refractivity contribution >= 4 is 11.8 Å². The number of amides is 2. The monoisotopic (exact) mass is 1190 g/mol. The van der Waals surface area contributed by atoms with Gasteiger partial charge in [-0.1, -0.05) is 0 Å². The number of hydrogen-bond donors (Lipinski definition) is 21. The molecule has 0 spiro atoms. The summed E-state index contributed by atoms with van der Waals surface area (Å²) in [4.78, 5) is 25.5. The van der Waals surface area contributed by atoms with E-state index in [-0.39, 0.29) is 0 Å². The van der Waals surface area contributed by atoms with Gasteiger partial charge in [0.25, 0.3) is 0 Å². The Labute approximate surface area is 459 Å². The van der Waals surface area contributed by atoms with Gasteiger partial charge in [0, 0.05) is 13.8 Å². The minimum absolute atomic E-state index is 0.710. The van der Waals surface area contributed by atoms with Crippen LogP contribution in [0.5, 0.6) is 0 Å². The van der Waals surface area contributed by atoms with Crippen LogP contribution in [0.3, 0.4) is 0 Å². The van der Waals surface area contributed by atoms with Gasteiger partial charge in [-0.15, -0.1) is 0 Å². The van der Waals surface area contributed by atoms with E-state index in [4.69, 9.17) is 61.6 Å². The third-order valence-corrected chi connectivity index (χ3v) is 14.9. The van der Waals surface area contributed by atoms with Gasteiger partial charge in [0.05, 0.1) is 45.7 Å². The van der Waals surface area contributed by atoms with Crippen LogP contribution < -0.4 is 10.6 Å². The van der Waals surface area contributed by atoms with Gasteiger partial charge in [0.15, 0.2) is 44.0 Å². The Morgan fingerprint density at radius 2 is 0.840 bits per heavy atom. The molecular weight excluding hydrogens is 1110 g/mol. The average molecular weight is 1190 g/mol. The number of ether oxygens (including phenoxy) is 13. The lowest BCUT2D eigenvalue weighted by Gasteiger charge is -2.52. The molecule has 36 heteroatoms. The average Bonchev–Trinajstić information content (AvgIpc) is 3.41. The van der Waals surface area contributed by atoms with Crippen molar-refractivity contribution in [3.8, 4) is 0 Å². The summed E-state index contributed by atoms with van der Waals surface area (Å²) in [7, 11) is 0. The molecule has 7 heterocycles. The number of aliphatic hydroxyl groups excluding tert-OH is 19. The summed E-state index contributed by atoms with van der Waals surface area (Å²) < 4.78 is 76.4. The standard InChI is InChI=1S/C45H76N2O34/c1-10-21(55)27(61)32(66)43(71-10)79-36-20(47-12(3)53)39(68)72-17(7-51)35(36)78-40-19(46-11(2)52)26(60)34(16(6-50)75-40)77-45-38(81-42-30(64)22(56)13(54)8-69-42)37(80-44-33(67)29(63)24(58)15(5-49)74-44)25(59)18(76-45)9-70-41-31(65)28(62)23(57)14(4-48)73-41/h10,13-45,48-51,54-68H,4-9H2,1-3H3,(H,46,52)(H,47,53)/t10-,13+,14+,15+,16+,17+,18+,19+,20+,21+,22-,23+,24+,25+,26+,27+,28-,29-,30+,31-,32-,33-,34+,35+,36+,37-,38-,39?,40-,41-,42-,43-,44+,45+/m0/s1. The highest BCUT2D eigenvalue weighted by Crippen LogP contribution is 2.38. The first kappa shape index (κ1) is 66.2. The first-order valence-corrected chi connectivity index (χ1v) is 25.9. The molecule has 7 saturated heterocycles. The van der Waals surface area contributed by atoms with E-state index in [1.165, 1.54) is 6.92 Å². The largest absolute Gasteiger partial charge is 0.394 e. The maximum absolute atomic E-state index is 13.0. The fourth-order valence-corrected chi connectivity index (χ4v) is 10.3. The summed E-state index contributed by atoms with van der Waals surface area (Å²) in [6.07, 6.45) is -61.9. The van der Waals surface area contributed by atoms with Crippen LogP contribution in [0.15, 0.2) is 0 Å². The van der Waals surface area contributed by atoms with Crippen molar-refractivity contribution in [2.75, 3.05) is 39.6 Å². The normalized spacial score (nSPS) is 50.8. The van der Waals surface area contributed by atoms with Crippen LogP contribution in [-0.2, 0) is 71.2 Å². The molecular formula is C45H76N2O34. The van der Waals surface area contributed by atoms with Crippen molar-refractivity contribution in [3.63, 3.8) is 0 Å². The van der Waals surface area contributed by atoms with E-state index in [1.54, 1.807) is 0 Å². The number of carbonyl (C=O) groups excluding carboxylic acids is 2. The minimum atomic E-state index is -2.26. The molecule has 0 saturated carbocycles. The topological polar surface area (TPSA) is 563 Å². The highest BCUT2D eigenvalue weighted by Gasteiger charge is 2.59. The summed E-state index contributed by atoms with van der Waals surface area (Å²) >= 11 is 0. The zero-order valence-electron chi connectivity index (χ0n) is 43.5. The molecule has 1 unspecified atom stereocenters. The molecule has 2 amide bonds. The zero-order chi connectivity index (χ0) is 59.6. The molecule has 81 heavy (non-hydrogen) atoms. The van der Waals surface area contributed by atoms with Gasteiger partial charge in [-0.25, -0.2) is 0 Å². The van der Waals surface area contributed by atoms with Crippen molar-refractivity contribution in [1.82, 2.24) is 10.6 Å². The van der Waals surface area contributed by atoms with Crippen LogP contribution in [0.4, 0.5) is 0 Å². The summed E-state index contributed by atoms with van der Waals surface area (Å²) in [6.45, 7) is -2.40. The quantitative estimate of drug-likeness (QED) is 0.0571. The first-order chi connectivity index (χ1) is 38.3. The van der Waals surface area contributed by atoms with Crippen molar-refractivity contribution < 1.29 is 168 Å².